The van der Waals surface area contributed by atoms with Crippen molar-refractivity contribution in [2.24, 2.45) is 5.73 Å². The normalized spacial score (nSPS) is 10.1. The topological polar surface area (TPSA) is 56.5 Å². The summed E-state index contributed by atoms with van der Waals surface area (Å²) in [5.74, 6) is 1.73. The Morgan fingerprint density at radius 1 is 1.27 bits per heavy atom. The average molecular weight is 210 g/mol. The quantitative estimate of drug-likeness (QED) is 0.537. The third kappa shape index (κ3) is 3.42. The van der Waals surface area contributed by atoms with Crippen LogP contribution in [-0.4, -0.2) is 27.4 Å². The molecule has 1 aromatic rings. The predicted molar refractivity (Wildman–Crippen MR) is 60.3 cm³/mol. The molecule has 0 spiro atoms. The van der Waals surface area contributed by atoms with Crippen molar-refractivity contribution in [1.82, 2.24) is 5.32 Å². The first-order valence-electron chi connectivity index (χ1n) is 4.93. The number of nitrogens with one attached hydrogen (secondary N) is 1. The van der Waals surface area contributed by atoms with Crippen LogP contribution in [0.4, 0.5) is 0 Å². The van der Waals surface area contributed by atoms with E-state index in [9.17, 15) is 0 Å². The highest BCUT2D eigenvalue weighted by Crippen LogP contribution is 2.23. The Kier molecular flexibility index (Phi) is 4.93. The molecule has 15 heavy (non-hydrogen) atoms. The van der Waals surface area contributed by atoms with E-state index in [1.54, 1.807) is 14.2 Å². The molecule has 0 atom stereocenters. The first-order valence-corrected chi connectivity index (χ1v) is 4.93. The molecule has 3 N–H and O–H groups in total. The molecule has 84 valence electrons. The minimum Gasteiger partial charge on any atom is -0.497 e. The molecular formula is C11H18N2O2. The van der Waals surface area contributed by atoms with E-state index in [0.717, 1.165) is 30.0 Å². The molecule has 0 bridgehead atoms. The van der Waals surface area contributed by atoms with E-state index in [1.165, 1.54) is 0 Å². The van der Waals surface area contributed by atoms with Gasteiger partial charge in [-0.25, -0.2) is 0 Å². The van der Waals surface area contributed by atoms with Gasteiger partial charge in [-0.05, 0) is 30.2 Å². The Bertz CT molecular complexity index is 303. The lowest BCUT2D eigenvalue weighted by atomic mass is 10.1. The third-order valence-corrected chi connectivity index (χ3v) is 2.20. The number of nitrogens with two attached hydrogens (primary N) is 1. The summed E-state index contributed by atoms with van der Waals surface area (Å²) in [5, 5.41) is 3.07. The lowest BCUT2D eigenvalue weighted by Crippen LogP contribution is -2.24. The van der Waals surface area contributed by atoms with Gasteiger partial charge in [-0.2, -0.15) is 0 Å². The van der Waals surface area contributed by atoms with Crippen LogP contribution in [0, 0.1) is 0 Å². The molecule has 0 fully saturated rings. The van der Waals surface area contributed by atoms with Crippen LogP contribution in [-0.2, 0) is 6.42 Å². The molecule has 0 aliphatic heterocycles. The number of ether oxygens (including phenoxy) is 2. The van der Waals surface area contributed by atoms with Crippen molar-refractivity contribution in [2.45, 2.75) is 6.42 Å². The zero-order valence-corrected chi connectivity index (χ0v) is 9.25. The molecule has 0 aromatic heterocycles. The fourth-order valence-electron chi connectivity index (χ4n) is 1.40. The first kappa shape index (κ1) is 11.8. The molecule has 4 nitrogen and oxygen atoms in total. The molecule has 1 aromatic carbocycles. The predicted octanol–water partition coefficient (Wildman–Crippen LogP) is 0.752. The highest BCUT2D eigenvalue weighted by atomic mass is 16.5. The van der Waals surface area contributed by atoms with Crippen molar-refractivity contribution < 1.29 is 9.47 Å². The zero-order valence-electron chi connectivity index (χ0n) is 9.25. The summed E-state index contributed by atoms with van der Waals surface area (Å²) in [6.45, 7) is 1.33. The number of benzene rings is 1. The molecule has 0 heterocycles. The maximum Gasteiger partial charge on any atom is 0.122 e. The largest absolute Gasteiger partial charge is 0.497 e. The molecule has 0 unspecified atom stereocenters. The van der Waals surface area contributed by atoms with E-state index in [-0.39, 0.29) is 0 Å². The van der Waals surface area contributed by atoms with Crippen LogP contribution < -0.4 is 20.5 Å². The third-order valence-electron chi connectivity index (χ3n) is 2.20. The van der Waals surface area contributed by atoms with Gasteiger partial charge < -0.3 is 20.5 Å². The second-order valence-corrected chi connectivity index (χ2v) is 3.13. The van der Waals surface area contributed by atoms with Crippen LogP contribution >= 0.6 is 0 Å². The van der Waals surface area contributed by atoms with E-state index < -0.39 is 0 Å². The fourth-order valence-corrected chi connectivity index (χ4v) is 1.40. The van der Waals surface area contributed by atoms with Gasteiger partial charge in [0.1, 0.15) is 11.5 Å². The van der Waals surface area contributed by atoms with Crippen LogP contribution in [0.15, 0.2) is 18.2 Å². The van der Waals surface area contributed by atoms with Crippen LogP contribution in [0.3, 0.4) is 0 Å². The molecule has 0 radical (unpaired) electrons. The monoisotopic (exact) mass is 210 g/mol. The van der Waals surface area contributed by atoms with Crippen LogP contribution in [0.5, 0.6) is 11.5 Å². The van der Waals surface area contributed by atoms with E-state index in [4.69, 9.17) is 15.2 Å². The maximum atomic E-state index is 5.35. The van der Waals surface area contributed by atoms with Crippen molar-refractivity contribution in [3.8, 4) is 11.5 Å². The minimum absolute atomic E-state index is 0.492. The van der Waals surface area contributed by atoms with Gasteiger partial charge in [-0.15, -0.1) is 0 Å². The maximum absolute atomic E-state index is 5.35. The molecule has 0 aliphatic rings. The van der Waals surface area contributed by atoms with E-state index in [0.29, 0.717) is 6.67 Å². The zero-order chi connectivity index (χ0) is 11.1. The summed E-state index contributed by atoms with van der Waals surface area (Å²) in [5.41, 5.74) is 6.48. The van der Waals surface area contributed by atoms with Crippen LogP contribution in [0.1, 0.15) is 5.56 Å². The van der Waals surface area contributed by atoms with Gasteiger partial charge in [0.25, 0.3) is 0 Å². The summed E-state index contributed by atoms with van der Waals surface area (Å²) < 4.78 is 10.4. The molecule has 0 saturated heterocycles. The van der Waals surface area contributed by atoms with Gasteiger partial charge in [0.2, 0.25) is 0 Å². The SMILES string of the molecule is COc1ccc(OC)c(CCNCN)c1. The fraction of sp³-hybridized carbons (Fsp3) is 0.455. The summed E-state index contributed by atoms with van der Waals surface area (Å²) >= 11 is 0. The molecular weight excluding hydrogens is 192 g/mol. The highest BCUT2D eigenvalue weighted by molar-refractivity contribution is 5.40. The summed E-state index contributed by atoms with van der Waals surface area (Å²) in [7, 11) is 3.32. The minimum atomic E-state index is 0.492. The van der Waals surface area contributed by atoms with E-state index in [1.807, 2.05) is 18.2 Å². The number of methoxy groups -OCH3 is 2. The molecule has 0 aliphatic carbocycles. The van der Waals surface area contributed by atoms with Crippen LogP contribution in [0.25, 0.3) is 0 Å². The Balaban J connectivity index is 2.72. The Labute approximate surface area is 90.4 Å². The van der Waals surface area contributed by atoms with Gasteiger partial charge >= 0.3 is 0 Å². The first-order chi connectivity index (χ1) is 7.31. The number of hydrogen-bond acceptors (Lipinski definition) is 4. The lowest BCUT2D eigenvalue weighted by molar-refractivity contribution is 0.398. The molecule has 0 amide bonds. The standard InChI is InChI=1S/C11H18N2O2/c1-14-10-3-4-11(15-2)9(7-10)5-6-13-8-12/h3-4,7,13H,5-6,8,12H2,1-2H3. The molecule has 4 heteroatoms. The number of hydrogen-bond donors (Lipinski definition) is 2. The average Bonchev–Trinajstić information content (AvgIpc) is 2.29. The summed E-state index contributed by atoms with van der Waals surface area (Å²) in [6.07, 6.45) is 0.873. The Morgan fingerprint density at radius 3 is 2.67 bits per heavy atom. The summed E-state index contributed by atoms with van der Waals surface area (Å²) in [4.78, 5) is 0. The smallest absolute Gasteiger partial charge is 0.122 e. The summed E-state index contributed by atoms with van der Waals surface area (Å²) in [6, 6.07) is 5.78. The lowest BCUT2D eigenvalue weighted by Gasteiger charge is -2.10. The highest BCUT2D eigenvalue weighted by Gasteiger charge is 2.04. The van der Waals surface area contributed by atoms with Crippen molar-refractivity contribution in [1.29, 1.82) is 0 Å². The van der Waals surface area contributed by atoms with E-state index in [2.05, 4.69) is 5.32 Å². The van der Waals surface area contributed by atoms with Crippen molar-refractivity contribution >= 4 is 0 Å². The van der Waals surface area contributed by atoms with Crippen molar-refractivity contribution in [3.63, 3.8) is 0 Å². The van der Waals surface area contributed by atoms with Gasteiger partial charge in [0, 0.05) is 13.2 Å². The van der Waals surface area contributed by atoms with E-state index >= 15 is 0 Å². The Hall–Kier alpha value is -1.26. The van der Waals surface area contributed by atoms with Crippen molar-refractivity contribution in [3.05, 3.63) is 23.8 Å². The van der Waals surface area contributed by atoms with Gasteiger partial charge in [-0.3, -0.25) is 0 Å². The van der Waals surface area contributed by atoms with Crippen LogP contribution in [0.2, 0.25) is 0 Å². The second-order valence-electron chi connectivity index (χ2n) is 3.13. The van der Waals surface area contributed by atoms with Gasteiger partial charge in [0.15, 0.2) is 0 Å². The molecule has 0 saturated carbocycles. The number of rotatable bonds is 6. The second kappa shape index (κ2) is 6.27. The Morgan fingerprint density at radius 2 is 2.07 bits per heavy atom. The molecule has 1 rings (SSSR count). The van der Waals surface area contributed by atoms with Gasteiger partial charge in [0.05, 0.1) is 14.2 Å². The van der Waals surface area contributed by atoms with Crippen molar-refractivity contribution in [2.75, 3.05) is 27.4 Å². The van der Waals surface area contributed by atoms with Gasteiger partial charge in [-0.1, -0.05) is 0 Å².